The highest BCUT2D eigenvalue weighted by Gasteiger charge is 2.36. The molecule has 0 aromatic carbocycles. The molecule has 0 radical (unpaired) electrons. The number of rotatable bonds is 5. The second kappa shape index (κ2) is 7.71. The Kier molecular flexibility index (Phi) is 6.14. The molecule has 2 unspecified atom stereocenters. The maximum Gasteiger partial charge on any atom is 0.410 e. The lowest BCUT2D eigenvalue weighted by molar-refractivity contribution is 0.0284. The summed E-state index contributed by atoms with van der Waals surface area (Å²) in [5.74, 6) is 1.23. The predicted molar refractivity (Wildman–Crippen MR) is 93.4 cm³/mol. The van der Waals surface area contributed by atoms with Gasteiger partial charge >= 0.3 is 6.09 Å². The third-order valence-corrected chi connectivity index (χ3v) is 4.54. The number of carbonyl (C=O) groups is 1. The number of furan rings is 1. The summed E-state index contributed by atoms with van der Waals surface area (Å²) in [7, 11) is 0. The highest BCUT2D eigenvalue weighted by atomic mass is 79.9. The number of nitrogens with zero attached hydrogens (tertiary/aromatic N) is 1. The molecular formula is C17H27BrN2O3. The number of hydrogen-bond donors (Lipinski definition) is 1. The first-order chi connectivity index (χ1) is 10.8. The molecule has 2 heterocycles. The standard InChI is InChI=1S/C17H27BrN2O3/c1-5-8-19-14(15-13(18)7-10-22-15)12-6-9-20(11-12)16(21)23-17(2,3)4/h7,10,12,14,19H,5-6,8-9,11H2,1-4H3. The van der Waals surface area contributed by atoms with E-state index in [1.165, 1.54) is 0 Å². The topological polar surface area (TPSA) is 54.7 Å². The van der Waals surface area contributed by atoms with Crippen molar-refractivity contribution >= 4 is 22.0 Å². The fourth-order valence-corrected chi connectivity index (χ4v) is 3.30. The summed E-state index contributed by atoms with van der Waals surface area (Å²) in [5.41, 5.74) is -0.459. The van der Waals surface area contributed by atoms with Gasteiger partial charge < -0.3 is 19.4 Å². The number of amides is 1. The van der Waals surface area contributed by atoms with Crippen molar-refractivity contribution in [2.45, 2.75) is 52.2 Å². The normalized spacial score (nSPS) is 19.9. The van der Waals surface area contributed by atoms with E-state index in [-0.39, 0.29) is 12.1 Å². The van der Waals surface area contributed by atoms with Crippen molar-refractivity contribution < 1.29 is 13.9 Å². The van der Waals surface area contributed by atoms with Gasteiger partial charge in [-0.25, -0.2) is 4.79 Å². The van der Waals surface area contributed by atoms with Crippen LogP contribution in [0.1, 0.15) is 52.3 Å². The molecule has 0 spiro atoms. The lowest BCUT2D eigenvalue weighted by atomic mass is 9.96. The van der Waals surface area contributed by atoms with E-state index in [4.69, 9.17) is 9.15 Å². The Morgan fingerprint density at radius 3 is 2.87 bits per heavy atom. The molecule has 2 atom stereocenters. The molecule has 1 aromatic heterocycles. The first-order valence-electron chi connectivity index (χ1n) is 8.26. The van der Waals surface area contributed by atoms with Crippen LogP contribution in [0.4, 0.5) is 4.79 Å². The van der Waals surface area contributed by atoms with Crippen molar-refractivity contribution in [3.8, 4) is 0 Å². The first kappa shape index (κ1) is 18.3. The minimum atomic E-state index is -0.459. The third kappa shape index (κ3) is 4.98. The molecular weight excluding hydrogens is 360 g/mol. The molecule has 1 aliphatic rings. The van der Waals surface area contributed by atoms with Crippen LogP contribution < -0.4 is 5.32 Å². The van der Waals surface area contributed by atoms with Gasteiger partial charge in [-0.2, -0.15) is 0 Å². The number of hydrogen-bond acceptors (Lipinski definition) is 4. The Hall–Kier alpha value is -1.01. The van der Waals surface area contributed by atoms with Gasteiger partial charge in [-0.15, -0.1) is 0 Å². The molecule has 0 aliphatic carbocycles. The average Bonchev–Trinajstić information content (AvgIpc) is 3.08. The summed E-state index contributed by atoms with van der Waals surface area (Å²) < 4.78 is 12.1. The van der Waals surface area contributed by atoms with E-state index < -0.39 is 5.60 Å². The van der Waals surface area contributed by atoms with Gasteiger partial charge in [0.05, 0.1) is 16.8 Å². The fraction of sp³-hybridized carbons (Fsp3) is 0.706. The Labute approximate surface area is 146 Å². The van der Waals surface area contributed by atoms with Crippen molar-refractivity contribution in [3.63, 3.8) is 0 Å². The average molecular weight is 387 g/mol. The van der Waals surface area contributed by atoms with Crippen molar-refractivity contribution in [2.24, 2.45) is 5.92 Å². The second-order valence-corrected chi connectivity index (χ2v) is 7.89. The van der Waals surface area contributed by atoms with Crippen molar-refractivity contribution in [1.29, 1.82) is 0 Å². The van der Waals surface area contributed by atoms with Crippen molar-refractivity contribution in [1.82, 2.24) is 10.2 Å². The zero-order valence-corrected chi connectivity index (χ0v) is 16.0. The van der Waals surface area contributed by atoms with Gasteiger partial charge in [-0.1, -0.05) is 6.92 Å². The van der Waals surface area contributed by atoms with Crippen LogP contribution in [0, 0.1) is 5.92 Å². The van der Waals surface area contributed by atoms with Gasteiger partial charge in [-0.3, -0.25) is 0 Å². The highest BCUT2D eigenvalue weighted by Crippen LogP contribution is 2.35. The Bertz CT molecular complexity index is 524. The zero-order chi connectivity index (χ0) is 17.0. The SMILES string of the molecule is CCCNC(c1occc1Br)C1CCN(C(=O)OC(C)(C)C)C1. The van der Waals surface area contributed by atoms with E-state index in [2.05, 4.69) is 28.2 Å². The molecule has 1 N–H and O–H groups in total. The summed E-state index contributed by atoms with van der Waals surface area (Å²) in [6, 6.07) is 2.02. The van der Waals surface area contributed by atoms with Gasteiger partial charge in [0, 0.05) is 19.0 Å². The van der Waals surface area contributed by atoms with E-state index in [1.807, 2.05) is 26.8 Å². The second-order valence-electron chi connectivity index (χ2n) is 7.04. The summed E-state index contributed by atoms with van der Waals surface area (Å²) in [5, 5.41) is 3.56. The molecule has 1 aliphatic heterocycles. The van der Waals surface area contributed by atoms with Crippen LogP contribution in [0.3, 0.4) is 0 Å². The van der Waals surface area contributed by atoms with Crippen LogP contribution in [0.5, 0.6) is 0 Å². The number of ether oxygens (including phenoxy) is 1. The summed E-state index contributed by atoms with van der Waals surface area (Å²) in [4.78, 5) is 14.0. The zero-order valence-electron chi connectivity index (χ0n) is 14.4. The van der Waals surface area contributed by atoms with Gasteiger partial charge in [0.2, 0.25) is 0 Å². The van der Waals surface area contributed by atoms with Crippen LogP contribution in [-0.4, -0.2) is 36.2 Å². The van der Waals surface area contributed by atoms with Crippen LogP contribution in [0.2, 0.25) is 0 Å². The molecule has 0 bridgehead atoms. The largest absolute Gasteiger partial charge is 0.466 e. The molecule has 1 fully saturated rings. The maximum atomic E-state index is 12.2. The number of nitrogens with one attached hydrogen (secondary N) is 1. The van der Waals surface area contributed by atoms with E-state index in [1.54, 1.807) is 11.2 Å². The van der Waals surface area contributed by atoms with Crippen molar-refractivity contribution in [2.75, 3.05) is 19.6 Å². The van der Waals surface area contributed by atoms with Crippen LogP contribution in [0.25, 0.3) is 0 Å². The number of carbonyl (C=O) groups excluding carboxylic acids is 1. The summed E-state index contributed by atoms with van der Waals surface area (Å²) in [6.45, 7) is 10.1. The maximum absolute atomic E-state index is 12.2. The third-order valence-electron chi connectivity index (χ3n) is 3.89. The lowest BCUT2D eigenvalue weighted by Crippen LogP contribution is -2.37. The van der Waals surface area contributed by atoms with Crippen LogP contribution in [-0.2, 0) is 4.74 Å². The molecule has 1 saturated heterocycles. The van der Waals surface area contributed by atoms with Crippen LogP contribution in [0.15, 0.2) is 21.2 Å². The smallest absolute Gasteiger partial charge is 0.410 e. The monoisotopic (exact) mass is 386 g/mol. The molecule has 5 nitrogen and oxygen atoms in total. The molecule has 1 amide bonds. The fourth-order valence-electron chi connectivity index (χ4n) is 2.85. The minimum absolute atomic E-state index is 0.103. The van der Waals surface area contributed by atoms with Crippen molar-refractivity contribution in [3.05, 3.63) is 22.6 Å². The first-order valence-corrected chi connectivity index (χ1v) is 9.05. The Morgan fingerprint density at radius 2 is 2.30 bits per heavy atom. The molecule has 0 saturated carbocycles. The number of halogens is 1. The lowest BCUT2D eigenvalue weighted by Gasteiger charge is -2.26. The van der Waals surface area contributed by atoms with Crippen LogP contribution >= 0.6 is 15.9 Å². The molecule has 6 heteroatoms. The van der Waals surface area contributed by atoms with E-state index in [0.29, 0.717) is 12.5 Å². The quantitative estimate of drug-likeness (QED) is 0.817. The Morgan fingerprint density at radius 1 is 1.57 bits per heavy atom. The summed E-state index contributed by atoms with van der Waals surface area (Å²) in [6.07, 6.45) is 3.46. The molecule has 1 aromatic rings. The van der Waals surface area contributed by atoms with E-state index >= 15 is 0 Å². The predicted octanol–water partition coefficient (Wildman–Crippen LogP) is 4.34. The molecule has 23 heavy (non-hydrogen) atoms. The Balaban J connectivity index is 2.04. The van der Waals surface area contributed by atoms with E-state index in [0.717, 1.165) is 36.2 Å². The van der Waals surface area contributed by atoms with Gasteiger partial charge in [0.15, 0.2) is 0 Å². The minimum Gasteiger partial charge on any atom is -0.466 e. The van der Waals surface area contributed by atoms with Gasteiger partial charge in [0.1, 0.15) is 11.4 Å². The van der Waals surface area contributed by atoms with Gasteiger partial charge in [-0.05, 0) is 62.2 Å². The van der Waals surface area contributed by atoms with E-state index in [9.17, 15) is 4.79 Å². The number of likely N-dealkylation sites (tertiary alicyclic amines) is 1. The molecule has 2 rings (SSSR count). The van der Waals surface area contributed by atoms with Gasteiger partial charge in [0.25, 0.3) is 0 Å². The summed E-state index contributed by atoms with van der Waals surface area (Å²) >= 11 is 3.55. The molecule has 130 valence electrons. The highest BCUT2D eigenvalue weighted by molar-refractivity contribution is 9.10.